The highest BCUT2D eigenvalue weighted by molar-refractivity contribution is 5.85. The molecule has 0 aliphatic carbocycles. The van der Waals surface area contributed by atoms with Crippen molar-refractivity contribution < 1.29 is 14.3 Å². The number of piperidine rings is 1. The molecule has 0 saturated carbocycles. The lowest BCUT2D eigenvalue weighted by molar-refractivity contribution is -0.132. The van der Waals surface area contributed by atoms with E-state index < -0.39 is 0 Å². The number of carbonyl (C=O) groups is 1. The zero-order valence-corrected chi connectivity index (χ0v) is 16.0. The Morgan fingerprint density at radius 1 is 1.16 bits per heavy atom. The van der Waals surface area contributed by atoms with E-state index >= 15 is 0 Å². The molecule has 1 fully saturated rings. The summed E-state index contributed by atoms with van der Waals surface area (Å²) >= 11 is 0. The Morgan fingerprint density at radius 2 is 1.80 bits per heavy atom. The Labute approximate surface area is 156 Å². The molecule has 2 heterocycles. The number of nitrogens with one attached hydrogen (secondary N) is 1. The summed E-state index contributed by atoms with van der Waals surface area (Å²) in [4.78, 5) is 14.6. The lowest BCUT2D eigenvalue weighted by atomic mass is 9.92. The molecule has 5 nitrogen and oxygen atoms in total. The van der Waals surface area contributed by atoms with E-state index in [1.54, 1.807) is 14.2 Å². The molecule has 25 heavy (non-hydrogen) atoms. The summed E-state index contributed by atoms with van der Waals surface area (Å²) < 4.78 is 10.8. The maximum absolute atomic E-state index is 12.6. The van der Waals surface area contributed by atoms with Gasteiger partial charge in [-0.3, -0.25) is 4.79 Å². The minimum absolute atomic E-state index is 0. The summed E-state index contributed by atoms with van der Waals surface area (Å²) in [6, 6.07) is 4.06. The number of rotatable bonds is 5. The van der Waals surface area contributed by atoms with Crippen LogP contribution in [0.3, 0.4) is 0 Å². The molecule has 0 aromatic heterocycles. The van der Waals surface area contributed by atoms with Crippen LogP contribution in [0.25, 0.3) is 0 Å². The van der Waals surface area contributed by atoms with Crippen LogP contribution < -0.4 is 14.8 Å². The SMILES string of the molecule is COc1cc2c(cc1OC)CN(C(=O)CCC1CCNCC1)CC2.Cl. The first-order chi connectivity index (χ1) is 11.7. The van der Waals surface area contributed by atoms with E-state index in [2.05, 4.69) is 5.32 Å². The zero-order valence-electron chi connectivity index (χ0n) is 15.2. The standard InChI is InChI=1S/C19H28N2O3.ClH/c1-23-17-11-15-7-10-21(13-16(15)12-18(17)24-2)19(22)4-3-14-5-8-20-9-6-14;/h11-12,14,20H,3-10,13H2,1-2H3;1H. The van der Waals surface area contributed by atoms with Gasteiger partial charge in [-0.15, -0.1) is 12.4 Å². The van der Waals surface area contributed by atoms with Crippen molar-refractivity contribution in [3.05, 3.63) is 23.3 Å². The summed E-state index contributed by atoms with van der Waals surface area (Å²) in [5.41, 5.74) is 2.43. The molecule has 1 N–H and O–H groups in total. The summed E-state index contributed by atoms with van der Waals surface area (Å²) in [5.74, 6) is 2.49. The smallest absolute Gasteiger partial charge is 0.222 e. The number of hydrogen-bond acceptors (Lipinski definition) is 4. The molecule has 2 aliphatic heterocycles. The Morgan fingerprint density at radius 3 is 2.44 bits per heavy atom. The van der Waals surface area contributed by atoms with Crippen molar-refractivity contribution >= 4 is 18.3 Å². The van der Waals surface area contributed by atoms with Crippen molar-refractivity contribution in [2.75, 3.05) is 33.9 Å². The van der Waals surface area contributed by atoms with E-state index in [1.165, 1.54) is 24.0 Å². The summed E-state index contributed by atoms with van der Waals surface area (Å²) in [6.07, 6.45) is 4.98. The van der Waals surface area contributed by atoms with Crippen LogP contribution in [0.4, 0.5) is 0 Å². The van der Waals surface area contributed by atoms with Gasteiger partial charge in [-0.25, -0.2) is 0 Å². The van der Waals surface area contributed by atoms with E-state index in [0.29, 0.717) is 18.9 Å². The molecule has 1 amide bonds. The second-order valence-electron chi connectivity index (χ2n) is 6.77. The van der Waals surface area contributed by atoms with E-state index in [4.69, 9.17) is 9.47 Å². The lowest BCUT2D eigenvalue weighted by Crippen LogP contribution is -2.36. The van der Waals surface area contributed by atoms with Crippen molar-refractivity contribution in [3.63, 3.8) is 0 Å². The maximum Gasteiger partial charge on any atom is 0.222 e. The predicted octanol–water partition coefficient (Wildman–Crippen LogP) is 2.79. The number of methoxy groups -OCH3 is 2. The van der Waals surface area contributed by atoms with Crippen LogP contribution >= 0.6 is 12.4 Å². The molecular weight excluding hydrogens is 340 g/mol. The molecule has 2 aliphatic rings. The number of halogens is 1. The molecule has 0 bridgehead atoms. The highest BCUT2D eigenvalue weighted by Crippen LogP contribution is 2.33. The van der Waals surface area contributed by atoms with Crippen LogP contribution in [0.1, 0.15) is 36.8 Å². The van der Waals surface area contributed by atoms with Crippen molar-refractivity contribution in [2.24, 2.45) is 5.92 Å². The van der Waals surface area contributed by atoms with Gasteiger partial charge in [-0.05, 0) is 68.0 Å². The Bertz CT molecular complexity index is 588. The van der Waals surface area contributed by atoms with Crippen LogP contribution in [0.5, 0.6) is 11.5 Å². The van der Waals surface area contributed by atoms with E-state index in [-0.39, 0.29) is 18.3 Å². The molecule has 0 unspecified atom stereocenters. The molecule has 6 heteroatoms. The number of hydrogen-bond donors (Lipinski definition) is 1. The maximum atomic E-state index is 12.6. The third-order valence-electron chi connectivity index (χ3n) is 5.30. The van der Waals surface area contributed by atoms with Gasteiger partial charge in [-0.1, -0.05) is 0 Å². The molecule has 1 saturated heterocycles. The van der Waals surface area contributed by atoms with Gasteiger partial charge in [0.05, 0.1) is 14.2 Å². The van der Waals surface area contributed by atoms with Gasteiger partial charge in [-0.2, -0.15) is 0 Å². The van der Waals surface area contributed by atoms with Crippen molar-refractivity contribution in [3.8, 4) is 11.5 Å². The normalized spacial score (nSPS) is 17.4. The zero-order chi connectivity index (χ0) is 16.9. The first-order valence-corrected chi connectivity index (χ1v) is 8.93. The second-order valence-corrected chi connectivity index (χ2v) is 6.77. The quantitative estimate of drug-likeness (QED) is 0.868. The number of carbonyl (C=O) groups excluding carboxylic acids is 1. The first-order valence-electron chi connectivity index (χ1n) is 8.93. The highest BCUT2D eigenvalue weighted by Gasteiger charge is 2.23. The van der Waals surface area contributed by atoms with Crippen LogP contribution in [0.15, 0.2) is 12.1 Å². The highest BCUT2D eigenvalue weighted by atomic mass is 35.5. The summed E-state index contributed by atoms with van der Waals surface area (Å²) in [7, 11) is 3.30. The van der Waals surface area contributed by atoms with Gasteiger partial charge < -0.3 is 19.7 Å². The Kier molecular flexibility index (Phi) is 7.38. The van der Waals surface area contributed by atoms with Crippen LogP contribution in [-0.2, 0) is 17.8 Å². The molecule has 1 aromatic carbocycles. The predicted molar refractivity (Wildman–Crippen MR) is 101 cm³/mol. The second kappa shape index (κ2) is 9.30. The van der Waals surface area contributed by atoms with Gasteiger partial charge >= 0.3 is 0 Å². The number of nitrogens with zero attached hydrogens (tertiary/aromatic N) is 1. The Hall–Kier alpha value is -1.46. The van der Waals surface area contributed by atoms with Gasteiger partial charge in [0.15, 0.2) is 11.5 Å². The molecule has 1 aromatic rings. The van der Waals surface area contributed by atoms with Crippen LogP contribution in [0.2, 0.25) is 0 Å². The van der Waals surface area contributed by atoms with Gasteiger partial charge in [0.1, 0.15) is 0 Å². The van der Waals surface area contributed by atoms with Gasteiger partial charge in [0.25, 0.3) is 0 Å². The number of fused-ring (bicyclic) bond motifs is 1. The molecular formula is C19H29ClN2O3. The minimum atomic E-state index is 0. The third-order valence-corrected chi connectivity index (χ3v) is 5.30. The van der Waals surface area contributed by atoms with Gasteiger partial charge in [0, 0.05) is 19.5 Å². The van der Waals surface area contributed by atoms with Crippen molar-refractivity contribution in [2.45, 2.75) is 38.6 Å². The van der Waals surface area contributed by atoms with Crippen LogP contribution in [-0.4, -0.2) is 44.7 Å². The topological polar surface area (TPSA) is 50.8 Å². The summed E-state index contributed by atoms with van der Waals surface area (Å²) in [5, 5.41) is 3.38. The molecule has 0 spiro atoms. The Balaban J connectivity index is 0.00000225. The van der Waals surface area contributed by atoms with Crippen LogP contribution in [0, 0.1) is 5.92 Å². The number of amides is 1. The largest absolute Gasteiger partial charge is 0.493 e. The average molecular weight is 369 g/mol. The lowest BCUT2D eigenvalue weighted by Gasteiger charge is -2.30. The van der Waals surface area contributed by atoms with E-state index in [9.17, 15) is 4.79 Å². The van der Waals surface area contributed by atoms with E-state index in [1.807, 2.05) is 17.0 Å². The molecule has 0 radical (unpaired) electrons. The minimum Gasteiger partial charge on any atom is -0.493 e. The fourth-order valence-electron chi connectivity index (χ4n) is 3.75. The monoisotopic (exact) mass is 368 g/mol. The molecule has 3 rings (SSSR count). The molecule has 140 valence electrons. The first kappa shape index (κ1) is 19.9. The van der Waals surface area contributed by atoms with Crippen molar-refractivity contribution in [1.29, 1.82) is 0 Å². The van der Waals surface area contributed by atoms with Gasteiger partial charge in [0.2, 0.25) is 5.91 Å². The number of benzene rings is 1. The summed E-state index contributed by atoms with van der Waals surface area (Å²) in [6.45, 7) is 3.67. The third kappa shape index (κ3) is 4.79. The fraction of sp³-hybridized carbons (Fsp3) is 0.632. The van der Waals surface area contributed by atoms with Crippen molar-refractivity contribution in [1.82, 2.24) is 10.2 Å². The number of ether oxygens (including phenoxy) is 2. The molecule has 0 atom stereocenters. The average Bonchev–Trinajstić information content (AvgIpc) is 2.65. The fourth-order valence-corrected chi connectivity index (χ4v) is 3.75. The van der Waals surface area contributed by atoms with E-state index in [0.717, 1.165) is 44.0 Å².